The van der Waals surface area contributed by atoms with Gasteiger partial charge in [0.25, 0.3) is 0 Å². The minimum atomic E-state index is 0.470. The van der Waals surface area contributed by atoms with Gasteiger partial charge in [0.1, 0.15) is 12.0 Å². The molecule has 0 aromatic heterocycles. The van der Waals surface area contributed by atoms with Crippen LogP contribution < -0.4 is 18.9 Å². The minimum Gasteiger partial charge on any atom is -0.497 e. The molecule has 2 rings (SSSR count). The lowest BCUT2D eigenvalue weighted by molar-refractivity contribution is 0.112. The molecule has 21 heavy (non-hydrogen) atoms. The zero-order valence-corrected chi connectivity index (χ0v) is 12.1. The number of methoxy groups -OCH3 is 3. The number of hydrogen-bond acceptors (Lipinski definition) is 5. The van der Waals surface area contributed by atoms with Gasteiger partial charge < -0.3 is 18.9 Å². The molecule has 0 bridgehead atoms. The molecule has 2 aromatic carbocycles. The van der Waals surface area contributed by atoms with Crippen molar-refractivity contribution in [1.82, 2.24) is 0 Å². The minimum absolute atomic E-state index is 0.470. The molecule has 0 spiro atoms. The molecule has 0 unspecified atom stereocenters. The molecule has 0 aliphatic rings. The molecule has 110 valence electrons. The zero-order chi connectivity index (χ0) is 15.2. The fourth-order valence-electron chi connectivity index (χ4n) is 1.82. The number of carbonyl (C=O) groups excluding carboxylic acids is 1. The summed E-state index contributed by atoms with van der Waals surface area (Å²) in [7, 11) is 4.65. The lowest BCUT2D eigenvalue weighted by Gasteiger charge is -2.14. The Morgan fingerprint density at radius 3 is 1.95 bits per heavy atom. The number of carbonyl (C=O) groups is 1. The first-order valence-corrected chi connectivity index (χ1v) is 6.25. The monoisotopic (exact) mass is 288 g/mol. The fraction of sp³-hybridized carbons (Fsp3) is 0.188. The Labute approximate surface area is 123 Å². The number of hydrogen-bond donors (Lipinski definition) is 0. The van der Waals surface area contributed by atoms with Gasteiger partial charge in [0.05, 0.1) is 21.3 Å². The van der Waals surface area contributed by atoms with Crippen molar-refractivity contribution in [3.63, 3.8) is 0 Å². The second-order valence-corrected chi connectivity index (χ2v) is 4.15. The quantitative estimate of drug-likeness (QED) is 0.763. The van der Waals surface area contributed by atoms with Crippen LogP contribution in [0, 0.1) is 0 Å². The van der Waals surface area contributed by atoms with Gasteiger partial charge in [0, 0.05) is 11.6 Å². The number of benzene rings is 2. The van der Waals surface area contributed by atoms with E-state index in [2.05, 4.69) is 0 Å². The van der Waals surface area contributed by atoms with Crippen molar-refractivity contribution < 1.29 is 23.7 Å². The highest BCUT2D eigenvalue weighted by Crippen LogP contribution is 2.38. The van der Waals surface area contributed by atoms with Crippen LogP contribution in [0.1, 0.15) is 10.4 Å². The zero-order valence-electron chi connectivity index (χ0n) is 12.1. The molecule has 5 nitrogen and oxygen atoms in total. The Bertz CT molecular complexity index is 637. The predicted molar refractivity (Wildman–Crippen MR) is 78.0 cm³/mol. The molecule has 5 heteroatoms. The van der Waals surface area contributed by atoms with E-state index in [0.29, 0.717) is 34.3 Å². The molecule has 0 saturated heterocycles. The van der Waals surface area contributed by atoms with Gasteiger partial charge in [-0.3, -0.25) is 4.79 Å². The van der Waals surface area contributed by atoms with E-state index < -0.39 is 0 Å². The van der Waals surface area contributed by atoms with Gasteiger partial charge in [0.15, 0.2) is 23.0 Å². The van der Waals surface area contributed by atoms with Crippen LogP contribution in [-0.4, -0.2) is 27.6 Å². The van der Waals surface area contributed by atoms with E-state index in [-0.39, 0.29) is 0 Å². The molecule has 0 amide bonds. The van der Waals surface area contributed by atoms with Gasteiger partial charge in [0.2, 0.25) is 0 Å². The summed E-state index contributed by atoms with van der Waals surface area (Å²) < 4.78 is 21.4. The maximum Gasteiger partial charge on any atom is 0.169 e. The Morgan fingerprint density at radius 1 is 0.762 bits per heavy atom. The van der Waals surface area contributed by atoms with E-state index in [1.165, 1.54) is 7.11 Å². The highest BCUT2D eigenvalue weighted by molar-refractivity contribution is 5.76. The summed E-state index contributed by atoms with van der Waals surface area (Å²) in [5.41, 5.74) is 0.515. The maximum atomic E-state index is 10.8. The summed E-state index contributed by atoms with van der Waals surface area (Å²) in [6.07, 6.45) is 0.750. The standard InChI is InChI=1S/C16H16O5/c1-18-12-5-7-14(16(9-12)20-3)21-13-6-4-11(10-17)8-15(13)19-2/h4-10H,1-3H3. The first-order chi connectivity index (χ1) is 10.2. The third-order valence-electron chi connectivity index (χ3n) is 2.91. The molecule has 0 heterocycles. The van der Waals surface area contributed by atoms with E-state index in [1.54, 1.807) is 50.6 Å². The van der Waals surface area contributed by atoms with Crippen LogP contribution in [0.2, 0.25) is 0 Å². The molecule has 0 fully saturated rings. The number of aldehydes is 1. The molecule has 0 N–H and O–H groups in total. The second-order valence-electron chi connectivity index (χ2n) is 4.15. The Hall–Kier alpha value is -2.69. The van der Waals surface area contributed by atoms with Crippen molar-refractivity contribution in [3.8, 4) is 28.7 Å². The predicted octanol–water partition coefficient (Wildman–Crippen LogP) is 3.32. The average Bonchev–Trinajstić information content (AvgIpc) is 2.55. The molecule has 0 saturated carbocycles. The third-order valence-corrected chi connectivity index (χ3v) is 2.91. The number of rotatable bonds is 6. The van der Waals surface area contributed by atoms with Crippen molar-refractivity contribution >= 4 is 6.29 Å². The van der Waals surface area contributed by atoms with Gasteiger partial charge in [-0.15, -0.1) is 0 Å². The lowest BCUT2D eigenvalue weighted by Crippen LogP contribution is -1.95. The van der Waals surface area contributed by atoms with E-state index in [9.17, 15) is 4.79 Å². The molecule has 2 aromatic rings. The van der Waals surface area contributed by atoms with Crippen LogP contribution in [-0.2, 0) is 0 Å². The van der Waals surface area contributed by atoms with E-state index in [0.717, 1.165) is 6.29 Å². The van der Waals surface area contributed by atoms with E-state index in [1.807, 2.05) is 0 Å². The average molecular weight is 288 g/mol. The van der Waals surface area contributed by atoms with Crippen molar-refractivity contribution in [3.05, 3.63) is 42.0 Å². The highest BCUT2D eigenvalue weighted by atomic mass is 16.5. The van der Waals surface area contributed by atoms with Gasteiger partial charge in [-0.25, -0.2) is 0 Å². The van der Waals surface area contributed by atoms with E-state index >= 15 is 0 Å². The lowest BCUT2D eigenvalue weighted by atomic mass is 10.2. The molecule has 0 radical (unpaired) electrons. The second kappa shape index (κ2) is 6.65. The fourth-order valence-corrected chi connectivity index (χ4v) is 1.82. The van der Waals surface area contributed by atoms with Crippen LogP contribution in [0.25, 0.3) is 0 Å². The Kier molecular flexibility index (Phi) is 4.66. The van der Waals surface area contributed by atoms with E-state index in [4.69, 9.17) is 18.9 Å². The van der Waals surface area contributed by atoms with Gasteiger partial charge in [-0.2, -0.15) is 0 Å². The van der Waals surface area contributed by atoms with Crippen molar-refractivity contribution in [2.75, 3.05) is 21.3 Å². The topological polar surface area (TPSA) is 54.0 Å². The SMILES string of the molecule is COc1ccc(Oc2ccc(C=O)cc2OC)c(OC)c1. The summed E-state index contributed by atoms with van der Waals surface area (Å²) in [5, 5.41) is 0. The molecule has 0 aliphatic heterocycles. The molecule has 0 atom stereocenters. The maximum absolute atomic E-state index is 10.8. The first-order valence-electron chi connectivity index (χ1n) is 6.25. The molecular formula is C16H16O5. The van der Waals surface area contributed by atoms with Crippen LogP contribution in [0.15, 0.2) is 36.4 Å². The van der Waals surface area contributed by atoms with Crippen molar-refractivity contribution in [2.45, 2.75) is 0 Å². The van der Waals surface area contributed by atoms with Crippen LogP contribution in [0.4, 0.5) is 0 Å². The van der Waals surface area contributed by atoms with Crippen LogP contribution >= 0.6 is 0 Å². The summed E-state index contributed by atoms with van der Waals surface area (Å²) in [6.45, 7) is 0. The first kappa shape index (κ1) is 14.7. The smallest absolute Gasteiger partial charge is 0.169 e. The van der Waals surface area contributed by atoms with Crippen LogP contribution in [0.5, 0.6) is 28.7 Å². The third kappa shape index (κ3) is 3.25. The van der Waals surface area contributed by atoms with Gasteiger partial charge in [-0.1, -0.05) is 0 Å². The van der Waals surface area contributed by atoms with Crippen LogP contribution in [0.3, 0.4) is 0 Å². The normalized spacial score (nSPS) is 9.86. The van der Waals surface area contributed by atoms with Crippen molar-refractivity contribution in [1.29, 1.82) is 0 Å². The Balaban J connectivity index is 2.35. The molecular weight excluding hydrogens is 272 g/mol. The van der Waals surface area contributed by atoms with Gasteiger partial charge in [-0.05, 0) is 30.3 Å². The largest absolute Gasteiger partial charge is 0.497 e. The molecule has 0 aliphatic carbocycles. The summed E-state index contributed by atoms with van der Waals surface area (Å²) >= 11 is 0. The summed E-state index contributed by atoms with van der Waals surface area (Å²) in [6, 6.07) is 10.2. The summed E-state index contributed by atoms with van der Waals surface area (Å²) in [5.74, 6) is 2.69. The van der Waals surface area contributed by atoms with Crippen molar-refractivity contribution in [2.24, 2.45) is 0 Å². The summed E-state index contributed by atoms with van der Waals surface area (Å²) in [4.78, 5) is 10.8. The number of ether oxygens (including phenoxy) is 4. The Morgan fingerprint density at radius 2 is 1.38 bits per heavy atom. The highest BCUT2D eigenvalue weighted by Gasteiger charge is 2.11. The van der Waals surface area contributed by atoms with Gasteiger partial charge >= 0.3 is 0 Å².